The highest BCUT2D eigenvalue weighted by molar-refractivity contribution is 6.05. The minimum atomic E-state index is -0.673. The molecule has 32 heavy (non-hydrogen) atoms. The van der Waals surface area contributed by atoms with Gasteiger partial charge in [-0.3, -0.25) is 9.59 Å². The quantitative estimate of drug-likeness (QED) is 0.598. The van der Waals surface area contributed by atoms with Gasteiger partial charge in [0.05, 0.1) is 12.5 Å². The molecule has 3 aromatic rings. The predicted octanol–water partition coefficient (Wildman–Crippen LogP) is 4.63. The molecule has 6 nitrogen and oxygen atoms in total. The summed E-state index contributed by atoms with van der Waals surface area (Å²) in [7, 11) is 1.62. The van der Waals surface area contributed by atoms with E-state index in [1.807, 2.05) is 54.6 Å². The third-order valence-electron chi connectivity index (χ3n) is 5.86. The highest BCUT2D eigenvalue weighted by atomic mass is 16.5. The third kappa shape index (κ3) is 4.65. The van der Waals surface area contributed by atoms with E-state index in [-0.39, 0.29) is 11.8 Å². The fraction of sp³-hybridized carbons (Fsp3) is 0.231. The highest BCUT2D eigenvalue weighted by Gasteiger charge is 2.41. The van der Waals surface area contributed by atoms with Crippen LogP contribution in [-0.2, 0) is 14.9 Å². The second-order valence-corrected chi connectivity index (χ2v) is 7.77. The van der Waals surface area contributed by atoms with Crippen molar-refractivity contribution in [1.82, 2.24) is 0 Å². The molecule has 2 amide bonds. The molecule has 1 aliphatic heterocycles. The van der Waals surface area contributed by atoms with Crippen LogP contribution in [0.2, 0.25) is 0 Å². The van der Waals surface area contributed by atoms with E-state index in [0.29, 0.717) is 37.3 Å². The van der Waals surface area contributed by atoms with Crippen molar-refractivity contribution >= 4 is 23.2 Å². The van der Waals surface area contributed by atoms with E-state index in [1.165, 1.54) is 0 Å². The fourth-order valence-corrected chi connectivity index (χ4v) is 3.96. The summed E-state index contributed by atoms with van der Waals surface area (Å²) in [5.41, 5.74) is 2.16. The summed E-state index contributed by atoms with van der Waals surface area (Å²) in [5.74, 6) is 0.474. The molecule has 6 heteroatoms. The molecule has 1 heterocycles. The van der Waals surface area contributed by atoms with Gasteiger partial charge >= 0.3 is 0 Å². The van der Waals surface area contributed by atoms with Crippen molar-refractivity contribution in [3.05, 3.63) is 90.0 Å². The molecular formula is C26H26N2O4. The molecule has 3 aromatic carbocycles. The summed E-state index contributed by atoms with van der Waals surface area (Å²) in [6.07, 6.45) is 1.20. The Labute approximate surface area is 187 Å². The Balaban J connectivity index is 1.49. The van der Waals surface area contributed by atoms with Gasteiger partial charge in [0, 0.05) is 30.2 Å². The minimum absolute atomic E-state index is 0.0764. The van der Waals surface area contributed by atoms with Crippen molar-refractivity contribution < 1.29 is 19.1 Å². The van der Waals surface area contributed by atoms with E-state index >= 15 is 0 Å². The van der Waals surface area contributed by atoms with Gasteiger partial charge in [-0.25, -0.2) is 0 Å². The van der Waals surface area contributed by atoms with E-state index in [1.54, 1.807) is 31.4 Å². The number of methoxy groups -OCH3 is 1. The Bertz CT molecular complexity index is 1060. The second-order valence-electron chi connectivity index (χ2n) is 7.77. The SMILES string of the molecule is COc1ccc(C2(C(=O)Nc3ccc(C(=O)Nc4ccccc4)cc3)CCOCC2)cc1. The maximum atomic E-state index is 13.4. The monoisotopic (exact) mass is 430 g/mol. The van der Waals surface area contributed by atoms with Gasteiger partial charge in [-0.15, -0.1) is 0 Å². The molecule has 0 aliphatic carbocycles. The molecule has 164 valence electrons. The number of hydrogen-bond acceptors (Lipinski definition) is 4. The van der Waals surface area contributed by atoms with Crippen LogP contribution < -0.4 is 15.4 Å². The van der Waals surface area contributed by atoms with Crippen molar-refractivity contribution in [3.63, 3.8) is 0 Å². The summed E-state index contributed by atoms with van der Waals surface area (Å²) in [4.78, 5) is 25.9. The molecule has 0 radical (unpaired) electrons. The number of para-hydroxylation sites is 1. The zero-order valence-electron chi connectivity index (χ0n) is 18.0. The van der Waals surface area contributed by atoms with Gasteiger partial charge in [0.2, 0.25) is 5.91 Å². The maximum Gasteiger partial charge on any atom is 0.255 e. The molecule has 4 rings (SSSR count). The molecule has 0 bridgehead atoms. The topological polar surface area (TPSA) is 76.7 Å². The molecular weight excluding hydrogens is 404 g/mol. The average Bonchev–Trinajstić information content (AvgIpc) is 2.85. The fourth-order valence-electron chi connectivity index (χ4n) is 3.96. The van der Waals surface area contributed by atoms with Crippen molar-refractivity contribution in [3.8, 4) is 5.75 Å². The first kappa shape index (κ1) is 21.6. The van der Waals surface area contributed by atoms with Crippen molar-refractivity contribution in [2.45, 2.75) is 18.3 Å². The van der Waals surface area contributed by atoms with Crippen molar-refractivity contribution in [1.29, 1.82) is 0 Å². The van der Waals surface area contributed by atoms with Gasteiger partial charge in [-0.05, 0) is 66.9 Å². The molecule has 1 fully saturated rings. The average molecular weight is 431 g/mol. The normalized spacial score (nSPS) is 14.9. The van der Waals surface area contributed by atoms with E-state index < -0.39 is 5.41 Å². The number of hydrogen-bond donors (Lipinski definition) is 2. The molecule has 0 aromatic heterocycles. The Morgan fingerprint density at radius 1 is 0.812 bits per heavy atom. The van der Waals surface area contributed by atoms with E-state index in [2.05, 4.69) is 10.6 Å². The lowest BCUT2D eigenvalue weighted by Crippen LogP contribution is -2.44. The van der Waals surface area contributed by atoms with Crippen LogP contribution in [0.1, 0.15) is 28.8 Å². The third-order valence-corrected chi connectivity index (χ3v) is 5.86. The van der Waals surface area contributed by atoms with Gasteiger partial charge in [0.25, 0.3) is 5.91 Å². The van der Waals surface area contributed by atoms with Crippen molar-refractivity contribution in [2.24, 2.45) is 0 Å². The van der Waals surface area contributed by atoms with Gasteiger partial charge in [-0.1, -0.05) is 30.3 Å². The zero-order chi connectivity index (χ0) is 22.4. The summed E-state index contributed by atoms with van der Waals surface area (Å²) >= 11 is 0. The van der Waals surface area contributed by atoms with Gasteiger partial charge < -0.3 is 20.1 Å². The lowest BCUT2D eigenvalue weighted by Gasteiger charge is -2.36. The summed E-state index contributed by atoms with van der Waals surface area (Å²) in [5, 5.41) is 5.89. The molecule has 0 spiro atoms. The van der Waals surface area contributed by atoms with Crippen molar-refractivity contribution in [2.75, 3.05) is 31.0 Å². The molecule has 0 atom stereocenters. The summed E-state index contributed by atoms with van der Waals surface area (Å²) in [6.45, 7) is 1.05. The van der Waals surface area contributed by atoms with Crippen LogP contribution in [0.4, 0.5) is 11.4 Å². The minimum Gasteiger partial charge on any atom is -0.497 e. The van der Waals surface area contributed by atoms with Gasteiger partial charge in [0.1, 0.15) is 5.75 Å². The van der Waals surface area contributed by atoms with E-state index in [4.69, 9.17) is 9.47 Å². The first-order valence-electron chi connectivity index (χ1n) is 10.6. The van der Waals surface area contributed by atoms with Crippen LogP contribution in [0.5, 0.6) is 5.75 Å². The number of amides is 2. The first-order chi connectivity index (χ1) is 15.6. The van der Waals surface area contributed by atoms with Gasteiger partial charge in [-0.2, -0.15) is 0 Å². The van der Waals surface area contributed by atoms with Crippen LogP contribution >= 0.6 is 0 Å². The number of ether oxygens (including phenoxy) is 2. The summed E-state index contributed by atoms with van der Waals surface area (Å²) < 4.78 is 10.8. The number of carbonyl (C=O) groups excluding carboxylic acids is 2. The lowest BCUT2D eigenvalue weighted by molar-refractivity contribution is -0.125. The number of anilines is 2. The number of benzene rings is 3. The Morgan fingerprint density at radius 2 is 1.44 bits per heavy atom. The Kier molecular flexibility index (Phi) is 6.52. The first-order valence-corrected chi connectivity index (χ1v) is 10.6. The lowest BCUT2D eigenvalue weighted by atomic mass is 9.73. The maximum absolute atomic E-state index is 13.4. The zero-order valence-corrected chi connectivity index (χ0v) is 18.0. The molecule has 1 saturated heterocycles. The second kappa shape index (κ2) is 9.66. The number of nitrogens with one attached hydrogen (secondary N) is 2. The molecule has 0 unspecified atom stereocenters. The van der Waals surface area contributed by atoms with Crippen LogP contribution in [0.25, 0.3) is 0 Å². The van der Waals surface area contributed by atoms with Gasteiger partial charge in [0.15, 0.2) is 0 Å². The van der Waals surface area contributed by atoms with Crippen LogP contribution in [0, 0.1) is 0 Å². The summed E-state index contributed by atoms with van der Waals surface area (Å²) in [6, 6.07) is 23.8. The smallest absolute Gasteiger partial charge is 0.255 e. The van der Waals surface area contributed by atoms with Crippen LogP contribution in [0.15, 0.2) is 78.9 Å². The van der Waals surface area contributed by atoms with E-state index in [0.717, 1.165) is 17.0 Å². The molecule has 2 N–H and O–H groups in total. The van der Waals surface area contributed by atoms with Crippen LogP contribution in [-0.4, -0.2) is 32.1 Å². The number of rotatable bonds is 6. The standard InChI is InChI=1S/C26H26N2O4/c1-31-23-13-9-20(10-14-23)26(15-17-32-18-16-26)25(30)28-22-11-7-19(8-12-22)24(29)27-21-5-3-2-4-6-21/h2-14H,15-18H2,1H3,(H,27,29)(H,28,30). The predicted molar refractivity (Wildman–Crippen MR) is 124 cm³/mol. The highest BCUT2D eigenvalue weighted by Crippen LogP contribution is 2.37. The Morgan fingerprint density at radius 3 is 2.06 bits per heavy atom. The van der Waals surface area contributed by atoms with Crippen LogP contribution in [0.3, 0.4) is 0 Å². The van der Waals surface area contributed by atoms with E-state index in [9.17, 15) is 9.59 Å². The Hall–Kier alpha value is -3.64. The number of carbonyl (C=O) groups is 2. The largest absolute Gasteiger partial charge is 0.497 e. The molecule has 0 saturated carbocycles. The molecule has 1 aliphatic rings.